The monoisotopic (exact) mass is 557 g/mol. The molecule has 2 fully saturated rings. The molecule has 2 saturated heterocycles. The first-order chi connectivity index (χ1) is 20.5. The Hall–Kier alpha value is -5.17. The standard InChI is InChI=1S/C35H31N3O4/c1-24-22-29-23-36(33(39)30(25-14-6-2-7-15-25)26-16-8-3-9-17-26)32(34(40)41)31(24)38(29)35(42)37(27-18-10-4-11-19-27)28-20-12-5-13-21-28/h2-21,29-32H,1,22-23H2,(H,40,41)/t29-,31+,32-/m0/s1. The largest absolute Gasteiger partial charge is 0.480 e. The van der Waals surface area contributed by atoms with Crippen molar-refractivity contribution in [3.05, 3.63) is 145 Å². The van der Waals surface area contributed by atoms with Crippen molar-refractivity contribution in [3.8, 4) is 0 Å². The molecule has 0 radical (unpaired) electrons. The van der Waals surface area contributed by atoms with Crippen LogP contribution in [0, 0.1) is 0 Å². The minimum atomic E-state index is -1.28. The molecule has 4 aromatic carbocycles. The number of carbonyl (C=O) groups excluding carboxylic acids is 2. The van der Waals surface area contributed by atoms with Gasteiger partial charge in [-0.1, -0.05) is 109 Å². The minimum absolute atomic E-state index is 0.0879. The van der Waals surface area contributed by atoms with Gasteiger partial charge in [-0.3, -0.25) is 9.69 Å². The van der Waals surface area contributed by atoms with Gasteiger partial charge in [-0.15, -0.1) is 0 Å². The maximum atomic E-state index is 14.4. The fraction of sp³-hybridized carbons (Fsp3) is 0.171. The van der Waals surface area contributed by atoms with E-state index in [0.717, 1.165) is 11.1 Å². The summed E-state index contributed by atoms with van der Waals surface area (Å²) in [5, 5.41) is 10.6. The number of likely N-dealkylation sites (tertiary alicyclic amines) is 1. The van der Waals surface area contributed by atoms with Crippen LogP contribution in [0.3, 0.4) is 0 Å². The summed E-state index contributed by atoms with van der Waals surface area (Å²) in [5.74, 6) is -2.16. The first kappa shape index (κ1) is 27.0. The van der Waals surface area contributed by atoms with Crippen molar-refractivity contribution < 1.29 is 19.5 Å². The summed E-state index contributed by atoms with van der Waals surface area (Å²) in [5.41, 5.74) is 3.52. The summed E-state index contributed by atoms with van der Waals surface area (Å²) in [6.07, 6.45) is 0.419. The highest BCUT2D eigenvalue weighted by Crippen LogP contribution is 2.42. The number of carbonyl (C=O) groups is 3. The Balaban J connectivity index is 1.39. The molecule has 42 heavy (non-hydrogen) atoms. The number of hydrogen-bond donors (Lipinski definition) is 1. The number of hydrogen-bond acceptors (Lipinski definition) is 3. The van der Waals surface area contributed by atoms with Gasteiger partial charge in [-0.05, 0) is 41.8 Å². The van der Waals surface area contributed by atoms with E-state index in [1.165, 1.54) is 4.90 Å². The van der Waals surface area contributed by atoms with E-state index in [4.69, 9.17) is 0 Å². The molecule has 7 heteroatoms. The van der Waals surface area contributed by atoms with Crippen LogP contribution in [-0.2, 0) is 9.59 Å². The van der Waals surface area contributed by atoms with Crippen LogP contribution in [0.25, 0.3) is 0 Å². The molecular formula is C35H31N3O4. The normalized spacial score (nSPS) is 19.5. The van der Waals surface area contributed by atoms with E-state index in [1.54, 1.807) is 9.80 Å². The van der Waals surface area contributed by atoms with Crippen molar-refractivity contribution in [2.45, 2.75) is 30.5 Å². The van der Waals surface area contributed by atoms with Crippen molar-refractivity contribution in [2.24, 2.45) is 0 Å². The van der Waals surface area contributed by atoms with Gasteiger partial charge >= 0.3 is 12.0 Å². The Kier molecular flexibility index (Phi) is 7.32. The molecule has 2 heterocycles. The highest BCUT2D eigenvalue weighted by molar-refractivity contribution is 6.01. The van der Waals surface area contributed by atoms with E-state index < -0.39 is 30.0 Å². The lowest BCUT2D eigenvalue weighted by molar-refractivity contribution is -0.155. The molecule has 0 aliphatic carbocycles. The zero-order valence-corrected chi connectivity index (χ0v) is 23.0. The first-order valence-electron chi connectivity index (χ1n) is 14.0. The number of para-hydroxylation sites is 2. The van der Waals surface area contributed by atoms with Crippen LogP contribution in [-0.4, -0.2) is 57.5 Å². The molecule has 3 amide bonds. The average Bonchev–Trinajstić information content (AvgIpc) is 3.25. The number of aliphatic carboxylic acids is 1. The number of urea groups is 1. The Labute approximate surface area is 244 Å². The summed E-state index contributed by atoms with van der Waals surface area (Å²) in [7, 11) is 0. The van der Waals surface area contributed by atoms with Gasteiger partial charge in [-0.2, -0.15) is 0 Å². The Morgan fingerprint density at radius 1 is 0.738 bits per heavy atom. The van der Waals surface area contributed by atoms with E-state index in [-0.39, 0.29) is 18.5 Å². The van der Waals surface area contributed by atoms with Crippen LogP contribution in [0.1, 0.15) is 23.5 Å². The maximum Gasteiger partial charge on any atom is 0.330 e. The molecule has 2 aliphatic heterocycles. The van der Waals surface area contributed by atoms with Crippen LogP contribution < -0.4 is 4.90 Å². The van der Waals surface area contributed by atoms with Crippen molar-refractivity contribution in [1.82, 2.24) is 9.80 Å². The van der Waals surface area contributed by atoms with Crippen LogP contribution in [0.15, 0.2) is 133 Å². The van der Waals surface area contributed by atoms with Gasteiger partial charge in [-0.25, -0.2) is 9.59 Å². The van der Waals surface area contributed by atoms with Crippen LogP contribution in [0.2, 0.25) is 0 Å². The molecule has 0 unspecified atom stereocenters. The molecule has 2 aliphatic rings. The summed E-state index contributed by atoms with van der Waals surface area (Å²) in [6.45, 7) is 4.30. The summed E-state index contributed by atoms with van der Waals surface area (Å²) >= 11 is 0. The number of nitrogens with zero attached hydrogens (tertiary/aromatic N) is 3. The fourth-order valence-electron chi connectivity index (χ4n) is 6.33. The van der Waals surface area contributed by atoms with Gasteiger partial charge < -0.3 is 14.9 Å². The van der Waals surface area contributed by atoms with Gasteiger partial charge in [0, 0.05) is 6.54 Å². The van der Waals surface area contributed by atoms with E-state index >= 15 is 0 Å². The number of fused-ring (bicyclic) bond motifs is 2. The van der Waals surface area contributed by atoms with Gasteiger partial charge in [0.15, 0.2) is 6.04 Å². The molecule has 0 aromatic heterocycles. The van der Waals surface area contributed by atoms with Gasteiger partial charge in [0.2, 0.25) is 5.91 Å². The molecule has 210 valence electrons. The molecule has 1 N–H and O–H groups in total. The third-order valence-corrected chi connectivity index (χ3v) is 8.14. The number of benzene rings is 4. The van der Waals surface area contributed by atoms with E-state index in [1.807, 2.05) is 121 Å². The van der Waals surface area contributed by atoms with Gasteiger partial charge in [0.05, 0.1) is 29.4 Å². The number of carboxylic acids is 1. The molecular weight excluding hydrogens is 526 g/mol. The third kappa shape index (κ3) is 4.83. The zero-order chi connectivity index (χ0) is 29.2. The fourth-order valence-corrected chi connectivity index (χ4v) is 6.33. The summed E-state index contributed by atoms with van der Waals surface area (Å²) < 4.78 is 0. The number of amides is 3. The second kappa shape index (κ2) is 11.4. The van der Waals surface area contributed by atoms with E-state index in [2.05, 4.69) is 6.58 Å². The van der Waals surface area contributed by atoms with E-state index in [9.17, 15) is 19.5 Å². The quantitative estimate of drug-likeness (QED) is 0.292. The van der Waals surface area contributed by atoms with Crippen LogP contribution in [0.4, 0.5) is 16.2 Å². The molecule has 3 atom stereocenters. The maximum absolute atomic E-state index is 14.4. The Morgan fingerprint density at radius 2 is 1.19 bits per heavy atom. The molecule has 2 bridgehead atoms. The van der Waals surface area contributed by atoms with Crippen LogP contribution in [0.5, 0.6) is 0 Å². The average molecular weight is 558 g/mol. The van der Waals surface area contributed by atoms with Crippen molar-refractivity contribution in [3.63, 3.8) is 0 Å². The number of piperazine rings is 1. The molecule has 6 rings (SSSR count). The number of rotatable bonds is 6. The molecule has 0 spiro atoms. The number of anilines is 2. The summed E-state index contributed by atoms with van der Waals surface area (Å²) in [4.78, 5) is 46.5. The Morgan fingerprint density at radius 3 is 1.64 bits per heavy atom. The molecule has 7 nitrogen and oxygen atoms in total. The molecule has 0 saturated carbocycles. The lowest BCUT2D eigenvalue weighted by atomic mass is 9.88. The Bertz CT molecular complexity index is 1520. The second-order valence-electron chi connectivity index (χ2n) is 10.7. The zero-order valence-electron chi connectivity index (χ0n) is 23.0. The van der Waals surface area contributed by atoms with Crippen molar-refractivity contribution >= 4 is 29.3 Å². The van der Waals surface area contributed by atoms with Gasteiger partial charge in [0.25, 0.3) is 0 Å². The molecule has 4 aromatic rings. The highest BCUT2D eigenvalue weighted by atomic mass is 16.4. The van der Waals surface area contributed by atoms with E-state index in [0.29, 0.717) is 23.4 Å². The second-order valence-corrected chi connectivity index (χ2v) is 10.7. The SMILES string of the molecule is C=C1C[C@H]2CN(C(=O)C(c3ccccc3)c3ccccc3)[C@H](C(=O)O)[C@@H]1N2C(=O)N(c1ccccc1)c1ccccc1. The minimum Gasteiger partial charge on any atom is -0.480 e. The van der Waals surface area contributed by atoms with Crippen molar-refractivity contribution in [1.29, 1.82) is 0 Å². The highest BCUT2D eigenvalue weighted by Gasteiger charge is 2.56. The number of carboxylic acid groups (broad SMARTS) is 1. The smallest absolute Gasteiger partial charge is 0.330 e. The van der Waals surface area contributed by atoms with Gasteiger partial charge in [0.1, 0.15) is 0 Å². The predicted octanol–water partition coefficient (Wildman–Crippen LogP) is 6.07. The lowest BCUT2D eigenvalue weighted by Crippen LogP contribution is -2.67. The topological polar surface area (TPSA) is 81.2 Å². The van der Waals surface area contributed by atoms with Crippen LogP contribution >= 0.6 is 0 Å². The lowest BCUT2D eigenvalue weighted by Gasteiger charge is -2.47. The van der Waals surface area contributed by atoms with Crippen molar-refractivity contribution in [2.75, 3.05) is 11.4 Å². The third-order valence-electron chi connectivity index (χ3n) is 8.14. The first-order valence-corrected chi connectivity index (χ1v) is 14.0. The predicted molar refractivity (Wildman–Crippen MR) is 161 cm³/mol. The summed E-state index contributed by atoms with van der Waals surface area (Å²) in [6, 6.07) is 34.5.